The molecular formula is C17H25N5O. The van der Waals surface area contributed by atoms with E-state index in [-0.39, 0.29) is 11.0 Å². The van der Waals surface area contributed by atoms with Crippen LogP contribution in [0.4, 0.5) is 0 Å². The van der Waals surface area contributed by atoms with Crippen molar-refractivity contribution in [2.75, 3.05) is 19.6 Å². The molecule has 23 heavy (non-hydrogen) atoms. The van der Waals surface area contributed by atoms with Crippen LogP contribution >= 0.6 is 0 Å². The number of nitrogens with zero attached hydrogens (tertiary/aromatic N) is 5. The number of hydrogen-bond acceptors (Lipinski definition) is 4. The van der Waals surface area contributed by atoms with Gasteiger partial charge in [-0.1, -0.05) is 20.8 Å². The van der Waals surface area contributed by atoms with E-state index in [1.807, 2.05) is 23.0 Å². The normalized spacial score (nSPS) is 16.5. The van der Waals surface area contributed by atoms with Gasteiger partial charge in [0.1, 0.15) is 0 Å². The van der Waals surface area contributed by atoms with Crippen LogP contribution in [0.2, 0.25) is 0 Å². The van der Waals surface area contributed by atoms with Crippen molar-refractivity contribution in [1.29, 1.82) is 0 Å². The summed E-state index contributed by atoms with van der Waals surface area (Å²) in [6, 6.07) is 5.43. The first-order valence-electron chi connectivity index (χ1n) is 8.20. The van der Waals surface area contributed by atoms with Gasteiger partial charge in [-0.2, -0.15) is 10.2 Å². The molecule has 1 aliphatic heterocycles. The molecule has 6 nitrogen and oxygen atoms in total. The van der Waals surface area contributed by atoms with E-state index >= 15 is 0 Å². The fourth-order valence-corrected chi connectivity index (χ4v) is 2.88. The Morgan fingerprint density at radius 3 is 2.65 bits per heavy atom. The van der Waals surface area contributed by atoms with Gasteiger partial charge in [-0.25, -0.2) is 4.68 Å². The SMILES string of the molecule is CC(C)(C)c1ccc(=O)n(CC2CN(CCn3cccn3)C2)n1. The predicted octanol–water partition coefficient (Wildman–Crippen LogP) is 1.37. The second-order valence-electron chi connectivity index (χ2n) is 7.38. The molecule has 0 amide bonds. The smallest absolute Gasteiger partial charge is 0.266 e. The van der Waals surface area contributed by atoms with Crippen LogP contribution in [0.1, 0.15) is 26.5 Å². The van der Waals surface area contributed by atoms with Crippen LogP contribution < -0.4 is 5.56 Å². The van der Waals surface area contributed by atoms with Crippen LogP contribution in [0.25, 0.3) is 0 Å². The molecule has 2 aromatic heterocycles. The second kappa shape index (κ2) is 6.28. The first-order valence-corrected chi connectivity index (χ1v) is 8.20. The highest BCUT2D eigenvalue weighted by Crippen LogP contribution is 2.19. The molecule has 0 spiro atoms. The minimum atomic E-state index is -0.0368. The van der Waals surface area contributed by atoms with Crippen LogP contribution in [0, 0.1) is 5.92 Å². The fourth-order valence-electron chi connectivity index (χ4n) is 2.88. The largest absolute Gasteiger partial charge is 0.301 e. The zero-order chi connectivity index (χ0) is 16.4. The van der Waals surface area contributed by atoms with Gasteiger partial charge in [-0.15, -0.1) is 0 Å². The Kier molecular flexibility index (Phi) is 4.35. The molecule has 0 bridgehead atoms. The number of likely N-dealkylation sites (tertiary alicyclic amines) is 1. The Balaban J connectivity index is 1.52. The van der Waals surface area contributed by atoms with Crippen LogP contribution in [0.5, 0.6) is 0 Å². The molecule has 0 atom stereocenters. The number of aromatic nitrogens is 4. The molecule has 0 aliphatic carbocycles. The third-order valence-electron chi connectivity index (χ3n) is 4.30. The fraction of sp³-hybridized carbons (Fsp3) is 0.588. The average Bonchev–Trinajstić information content (AvgIpc) is 2.95. The van der Waals surface area contributed by atoms with Gasteiger partial charge in [-0.3, -0.25) is 9.48 Å². The molecule has 0 aromatic carbocycles. The lowest BCUT2D eigenvalue weighted by molar-refractivity contribution is 0.0791. The molecule has 3 rings (SSSR count). The lowest BCUT2D eigenvalue weighted by atomic mass is 9.92. The highest BCUT2D eigenvalue weighted by atomic mass is 16.1. The average molecular weight is 315 g/mol. The molecule has 0 saturated carbocycles. The minimum absolute atomic E-state index is 0.00649. The van der Waals surface area contributed by atoms with Crippen LogP contribution in [-0.2, 0) is 18.5 Å². The molecule has 1 saturated heterocycles. The minimum Gasteiger partial charge on any atom is -0.301 e. The summed E-state index contributed by atoms with van der Waals surface area (Å²) in [5.74, 6) is 0.507. The van der Waals surface area contributed by atoms with E-state index in [2.05, 4.69) is 35.9 Å². The number of hydrogen-bond donors (Lipinski definition) is 0. The first-order chi connectivity index (χ1) is 10.9. The van der Waals surface area contributed by atoms with E-state index in [9.17, 15) is 4.79 Å². The third kappa shape index (κ3) is 3.88. The summed E-state index contributed by atoms with van der Waals surface area (Å²) in [4.78, 5) is 14.4. The highest BCUT2D eigenvalue weighted by Gasteiger charge is 2.27. The molecule has 6 heteroatoms. The molecule has 0 unspecified atom stereocenters. The maximum absolute atomic E-state index is 12.0. The van der Waals surface area contributed by atoms with Gasteiger partial charge in [-0.05, 0) is 12.1 Å². The predicted molar refractivity (Wildman–Crippen MR) is 89.4 cm³/mol. The zero-order valence-corrected chi connectivity index (χ0v) is 14.1. The molecule has 1 aliphatic rings. The Hall–Kier alpha value is -1.95. The Labute approximate surface area is 136 Å². The summed E-state index contributed by atoms with van der Waals surface area (Å²) in [6.07, 6.45) is 3.79. The van der Waals surface area contributed by atoms with E-state index in [1.54, 1.807) is 16.9 Å². The highest BCUT2D eigenvalue weighted by molar-refractivity contribution is 5.10. The van der Waals surface area contributed by atoms with Gasteiger partial charge < -0.3 is 4.90 Å². The first kappa shape index (κ1) is 15.9. The summed E-state index contributed by atoms with van der Waals surface area (Å²) in [6.45, 7) is 11.0. The van der Waals surface area contributed by atoms with Gasteiger partial charge in [0.15, 0.2) is 0 Å². The zero-order valence-electron chi connectivity index (χ0n) is 14.1. The van der Waals surface area contributed by atoms with Crippen LogP contribution in [0.15, 0.2) is 35.4 Å². The molecule has 0 N–H and O–H groups in total. The number of rotatable bonds is 5. The van der Waals surface area contributed by atoms with Crippen molar-refractivity contribution in [3.63, 3.8) is 0 Å². The topological polar surface area (TPSA) is 56.0 Å². The van der Waals surface area contributed by atoms with E-state index in [0.717, 1.165) is 31.9 Å². The lowest BCUT2D eigenvalue weighted by Crippen LogP contribution is -2.50. The summed E-state index contributed by atoms with van der Waals surface area (Å²) >= 11 is 0. The maximum atomic E-state index is 12.0. The van der Waals surface area contributed by atoms with Crippen molar-refractivity contribution < 1.29 is 0 Å². The monoisotopic (exact) mass is 315 g/mol. The van der Waals surface area contributed by atoms with Crippen molar-refractivity contribution in [2.45, 2.75) is 39.3 Å². The molecular weight excluding hydrogens is 290 g/mol. The van der Waals surface area contributed by atoms with Gasteiger partial charge >= 0.3 is 0 Å². The van der Waals surface area contributed by atoms with E-state index in [1.165, 1.54) is 0 Å². The van der Waals surface area contributed by atoms with E-state index < -0.39 is 0 Å². The Morgan fingerprint density at radius 2 is 2.00 bits per heavy atom. The van der Waals surface area contributed by atoms with Crippen molar-refractivity contribution >= 4 is 0 Å². The van der Waals surface area contributed by atoms with Gasteiger partial charge in [0.05, 0.1) is 18.8 Å². The van der Waals surface area contributed by atoms with E-state index in [4.69, 9.17) is 0 Å². The Bertz CT molecular complexity index is 693. The molecule has 1 fully saturated rings. The van der Waals surface area contributed by atoms with Gasteiger partial charge in [0.2, 0.25) is 0 Å². The van der Waals surface area contributed by atoms with Crippen LogP contribution in [0.3, 0.4) is 0 Å². The summed E-state index contributed by atoms with van der Waals surface area (Å²) < 4.78 is 3.59. The summed E-state index contributed by atoms with van der Waals surface area (Å²) in [5, 5.41) is 8.76. The van der Waals surface area contributed by atoms with Gasteiger partial charge in [0.25, 0.3) is 5.56 Å². The molecule has 2 aromatic rings. The van der Waals surface area contributed by atoms with Crippen molar-refractivity contribution in [2.24, 2.45) is 5.92 Å². The maximum Gasteiger partial charge on any atom is 0.266 e. The molecule has 0 radical (unpaired) electrons. The van der Waals surface area contributed by atoms with Crippen molar-refractivity contribution in [3.8, 4) is 0 Å². The quantitative estimate of drug-likeness (QED) is 0.836. The standard InChI is InChI=1S/C17H25N5O/c1-17(2,3)15-5-6-16(23)22(19-15)13-14-11-20(12-14)9-10-21-8-4-7-18-21/h4-8,14H,9-13H2,1-3H3. The van der Waals surface area contributed by atoms with Gasteiger partial charge in [0, 0.05) is 49.4 Å². The third-order valence-corrected chi connectivity index (χ3v) is 4.30. The molecule has 124 valence electrons. The Morgan fingerprint density at radius 1 is 1.22 bits per heavy atom. The molecule has 3 heterocycles. The van der Waals surface area contributed by atoms with E-state index in [0.29, 0.717) is 12.5 Å². The van der Waals surface area contributed by atoms with Crippen molar-refractivity contribution in [3.05, 3.63) is 46.6 Å². The van der Waals surface area contributed by atoms with Crippen LogP contribution in [-0.4, -0.2) is 44.1 Å². The second-order valence-corrected chi connectivity index (χ2v) is 7.38. The lowest BCUT2D eigenvalue weighted by Gasteiger charge is -2.39. The summed E-state index contributed by atoms with van der Waals surface area (Å²) in [5.41, 5.74) is 0.921. The van der Waals surface area contributed by atoms with Crippen molar-refractivity contribution in [1.82, 2.24) is 24.5 Å². The summed E-state index contributed by atoms with van der Waals surface area (Å²) in [7, 11) is 0.